The normalized spacial score (nSPS) is 13.1. The largest absolute Gasteiger partial charge is 0.359 e. The lowest BCUT2D eigenvalue weighted by Gasteiger charge is -2.25. The van der Waals surface area contributed by atoms with E-state index < -0.39 is 0 Å². The first-order valence-electron chi connectivity index (χ1n) is 6.87. The summed E-state index contributed by atoms with van der Waals surface area (Å²) in [6, 6.07) is 8.79. The average Bonchev–Trinajstić information content (AvgIpc) is 2.38. The molecule has 0 aliphatic heterocycles. The highest BCUT2D eigenvalue weighted by Crippen LogP contribution is 2.15. The molecule has 0 spiro atoms. The third-order valence-electron chi connectivity index (χ3n) is 3.52. The fourth-order valence-electron chi connectivity index (χ4n) is 2.09. The van der Waals surface area contributed by atoms with Crippen LogP contribution in [0.15, 0.2) is 24.3 Å². The Kier molecular flexibility index (Phi) is 5.55. The maximum absolute atomic E-state index is 11.7. The van der Waals surface area contributed by atoms with Gasteiger partial charge >= 0.3 is 0 Å². The van der Waals surface area contributed by atoms with E-state index in [1.165, 1.54) is 11.1 Å². The van der Waals surface area contributed by atoms with E-state index >= 15 is 0 Å². The Morgan fingerprint density at radius 1 is 1.32 bits per heavy atom. The van der Waals surface area contributed by atoms with Gasteiger partial charge in [0, 0.05) is 19.6 Å². The molecule has 0 heterocycles. The highest BCUT2D eigenvalue weighted by atomic mass is 16.2. The van der Waals surface area contributed by atoms with Gasteiger partial charge in [0.2, 0.25) is 5.91 Å². The number of hydrogen-bond acceptors (Lipinski definition) is 2. The number of amides is 1. The lowest BCUT2D eigenvalue weighted by Crippen LogP contribution is -2.44. The van der Waals surface area contributed by atoms with Gasteiger partial charge in [0.05, 0.1) is 5.41 Å². The van der Waals surface area contributed by atoms with Crippen LogP contribution in [0.5, 0.6) is 0 Å². The Morgan fingerprint density at radius 2 is 1.95 bits per heavy atom. The zero-order valence-corrected chi connectivity index (χ0v) is 12.7. The maximum atomic E-state index is 11.7. The van der Waals surface area contributed by atoms with Crippen LogP contribution < -0.4 is 10.6 Å². The van der Waals surface area contributed by atoms with Gasteiger partial charge in [0.1, 0.15) is 0 Å². The zero-order valence-electron chi connectivity index (χ0n) is 12.7. The molecular weight excluding hydrogens is 236 g/mol. The minimum Gasteiger partial charge on any atom is -0.359 e. The molecule has 1 atom stereocenters. The van der Waals surface area contributed by atoms with Gasteiger partial charge in [-0.25, -0.2) is 0 Å². The van der Waals surface area contributed by atoms with Crippen molar-refractivity contribution in [2.45, 2.75) is 40.2 Å². The maximum Gasteiger partial charge on any atom is 0.226 e. The number of carbonyl (C=O) groups excluding carboxylic acids is 1. The summed E-state index contributed by atoms with van der Waals surface area (Å²) < 4.78 is 0. The molecule has 106 valence electrons. The summed E-state index contributed by atoms with van der Waals surface area (Å²) in [5, 5.41) is 6.16. The summed E-state index contributed by atoms with van der Waals surface area (Å²) in [5.41, 5.74) is 2.30. The van der Waals surface area contributed by atoms with Crippen molar-refractivity contribution >= 4 is 5.91 Å². The van der Waals surface area contributed by atoms with Crippen LogP contribution in [-0.4, -0.2) is 25.5 Å². The second-order valence-corrected chi connectivity index (χ2v) is 5.88. The smallest absolute Gasteiger partial charge is 0.226 e. The van der Waals surface area contributed by atoms with Crippen molar-refractivity contribution < 1.29 is 4.79 Å². The second-order valence-electron chi connectivity index (χ2n) is 5.88. The van der Waals surface area contributed by atoms with Gasteiger partial charge in [-0.1, -0.05) is 24.3 Å². The van der Waals surface area contributed by atoms with E-state index in [0.29, 0.717) is 12.6 Å². The van der Waals surface area contributed by atoms with Gasteiger partial charge in [0.15, 0.2) is 0 Å². The van der Waals surface area contributed by atoms with Crippen molar-refractivity contribution in [1.29, 1.82) is 0 Å². The summed E-state index contributed by atoms with van der Waals surface area (Å²) in [7, 11) is 1.68. The molecule has 0 fully saturated rings. The van der Waals surface area contributed by atoms with E-state index in [1.807, 2.05) is 13.8 Å². The van der Waals surface area contributed by atoms with Gasteiger partial charge in [-0.3, -0.25) is 4.79 Å². The zero-order chi connectivity index (χ0) is 14.5. The van der Waals surface area contributed by atoms with Crippen LogP contribution in [0.3, 0.4) is 0 Å². The standard InChI is InChI=1S/C16H26N2O/c1-12-8-6-7-9-14(12)10-13(2)18-11-16(3,4)15(19)17-5/h6-9,13,18H,10-11H2,1-5H3,(H,17,19)/t13-/m0/s1. The first kappa shape index (κ1) is 15.7. The van der Waals surface area contributed by atoms with E-state index in [4.69, 9.17) is 0 Å². The third kappa shape index (κ3) is 4.67. The minimum absolute atomic E-state index is 0.0723. The molecule has 1 aromatic rings. The van der Waals surface area contributed by atoms with Crippen LogP contribution in [-0.2, 0) is 11.2 Å². The fraction of sp³-hybridized carbons (Fsp3) is 0.562. The number of aryl methyl sites for hydroxylation is 1. The SMILES string of the molecule is CNC(=O)C(C)(C)CN[C@@H](C)Cc1ccccc1C. The van der Waals surface area contributed by atoms with Crippen LogP contribution in [0.25, 0.3) is 0 Å². The molecule has 0 aliphatic rings. The van der Waals surface area contributed by atoms with Crippen molar-refractivity contribution in [1.82, 2.24) is 10.6 Å². The molecule has 0 aromatic heterocycles. The van der Waals surface area contributed by atoms with Crippen molar-refractivity contribution in [2.24, 2.45) is 5.41 Å². The molecule has 0 saturated carbocycles. The Labute approximate surface area is 116 Å². The molecule has 1 rings (SSSR count). The highest BCUT2D eigenvalue weighted by Gasteiger charge is 2.26. The molecular formula is C16H26N2O. The Balaban J connectivity index is 2.51. The minimum atomic E-state index is -0.380. The summed E-state index contributed by atoms with van der Waals surface area (Å²) in [6.07, 6.45) is 0.983. The molecule has 2 N–H and O–H groups in total. The fourth-order valence-corrected chi connectivity index (χ4v) is 2.09. The molecule has 3 heteroatoms. The molecule has 1 aromatic carbocycles. The molecule has 0 saturated heterocycles. The lowest BCUT2D eigenvalue weighted by atomic mass is 9.91. The number of benzene rings is 1. The van der Waals surface area contributed by atoms with Crippen LogP contribution in [0.4, 0.5) is 0 Å². The molecule has 0 bridgehead atoms. The first-order valence-corrected chi connectivity index (χ1v) is 6.87. The predicted molar refractivity (Wildman–Crippen MR) is 80.2 cm³/mol. The van der Waals surface area contributed by atoms with Gasteiger partial charge in [-0.2, -0.15) is 0 Å². The second kappa shape index (κ2) is 6.71. The number of rotatable bonds is 6. The summed E-state index contributed by atoms with van der Waals surface area (Å²) in [6.45, 7) is 8.89. The van der Waals surface area contributed by atoms with Crippen molar-refractivity contribution in [3.05, 3.63) is 35.4 Å². The quantitative estimate of drug-likeness (QED) is 0.826. The van der Waals surface area contributed by atoms with E-state index in [9.17, 15) is 4.79 Å². The molecule has 0 radical (unpaired) electrons. The summed E-state index contributed by atoms with van der Waals surface area (Å²) in [5.74, 6) is 0.0723. The van der Waals surface area contributed by atoms with Crippen LogP contribution in [0.2, 0.25) is 0 Å². The first-order chi connectivity index (χ1) is 8.86. The van der Waals surface area contributed by atoms with E-state index in [0.717, 1.165) is 6.42 Å². The number of carbonyl (C=O) groups is 1. The Morgan fingerprint density at radius 3 is 2.53 bits per heavy atom. The van der Waals surface area contributed by atoms with Crippen molar-refractivity contribution in [3.63, 3.8) is 0 Å². The van der Waals surface area contributed by atoms with E-state index in [-0.39, 0.29) is 11.3 Å². The lowest BCUT2D eigenvalue weighted by molar-refractivity contribution is -0.128. The topological polar surface area (TPSA) is 41.1 Å². The van der Waals surface area contributed by atoms with Gasteiger partial charge in [0.25, 0.3) is 0 Å². The summed E-state index contributed by atoms with van der Waals surface area (Å²) >= 11 is 0. The molecule has 3 nitrogen and oxygen atoms in total. The average molecular weight is 262 g/mol. The third-order valence-corrected chi connectivity index (χ3v) is 3.52. The van der Waals surface area contributed by atoms with Gasteiger partial charge in [-0.05, 0) is 45.2 Å². The number of nitrogens with one attached hydrogen (secondary N) is 2. The van der Waals surface area contributed by atoms with E-state index in [1.54, 1.807) is 7.05 Å². The monoisotopic (exact) mass is 262 g/mol. The molecule has 0 aliphatic carbocycles. The Hall–Kier alpha value is -1.35. The molecule has 19 heavy (non-hydrogen) atoms. The molecule has 0 unspecified atom stereocenters. The molecule has 1 amide bonds. The van der Waals surface area contributed by atoms with Crippen molar-refractivity contribution in [3.8, 4) is 0 Å². The summed E-state index contributed by atoms with van der Waals surface area (Å²) in [4.78, 5) is 11.7. The van der Waals surface area contributed by atoms with Crippen LogP contribution in [0, 0.1) is 12.3 Å². The van der Waals surface area contributed by atoms with E-state index in [2.05, 4.69) is 48.7 Å². The van der Waals surface area contributed by atoms with Gasteiger partial charge < -0.3 is 10.6 Å². The number of hydrogen-bond donors (Lipinski definition) is 2. The van der Waals surface area contributed by atoms with Crippen LogP contribution >= 0.6 is 0 Å². The highest BCUT2D eigenvalue weighted by molar-refractivity contribution is 5.81. The van der Waals surface area contributed by atoms with Gasteiger partial charge in [-0.15, -0.1) is 0 Å². The van der Waals surface area contributed by atoms with Crippen molar-refractivity contribution in [2.75, 3.05) is 13.6 Å². The van der Waals surface area contributed by atoms with Crippen LogP contribution in [0.1, 0.15) is 31.9 Å². The predicted octanol–water partition coefficient (Wildman–Crippen LogP) is 2.29. The Bertz CT molecular complexity index is 427.